The van der Waals surface area contributed by atoms with Crippen LogP contribution in [0.4, 0.5) is 29.2 Å². The molecule has 0 spiro atoms. The lowest BCUT2D eigenvalue weighted by molar-refractivity contribution is -0.155. The van der Waals surface area contributed by atoms with Gasteiger partial charge in [0.05, 0.1) is 35.8 Å². The van der Waals surface area contributed by atoms with Crippen molar-refractivity contribution in [3.05, 3.63) is 39.9 Å². The lowest BCUT2D eigenvalue weighted by atomic mass is 9.87. The Kier molecular flexibility index (Phi) is 6.32. The second-order valence-corrected chi connectivity index (χ2v) is 8.74. The minimum Gasteiger partial charge on any atom is -0.493 e. The number of rotatable bonds is 6. The van der Waals surface area contributed by atoms with Crippen LogP contribution in [0.15, 0.2) is 12.4 Å². The molecule has 1 aromatic heterocycles. The van der Waals surface area contributed by atoms with E-state index in [9.17, 15) is 13.2 Å². The van der Waals surface area contributed by atoms with Gasteiger partial charge in [-0.2, -0.15) is 13.2 Å². The largest absolute Gasteiger partial charge is 0.493 e. The number of hydrazine groups is 1. The molecule has 0 radical (unpaired) electrons. The number of fused-ring (bicyclic) bond motifs is 1. The maximum atomic E-state index is 15.2. The molecule has 2 aliphatic heterocycles. The van der Waals surface area contributed by atoms with Crippen molar-refractivity contribution in [1.29, 1.82) is 0 Å². The summed E-state index contributed by atoms with van der Waals surface area (Å²) in [5.41, 5.74) is 10.9. The van der Waals surface area contributed by atoms with Crippen LogP contribution in [0.2, 0.25) is 5.02 Å². The molecule has 2 aromatic rings. The summed E-state index contributed by atoms with van der Waals surface area (Å²) in [5, 5.41) is 1.68. The Morgan fingerprint density at radius 1 is 1.30 bits per heavy atom. The fraction of sp³-hybridized carbons (Fsp3) is 0.524. The summed E-state index contributed by atoms with van der Waals surface area (Å²) in [4.78, 5) is 9.63. The Bertz CT molecular complexity index is 1050. The van der Waals surface area contributed by atoms with Gasteiger partial charge < -0.3 is 10.5 Å². The summed E-state index contributed by atoms with van der Waals surface area (Å²) in [7, 11) is 0. The Hall–Kier alpha value is -2.37. The number of nitrogen functional groups attached to an aromatic ring is 1. The fourth-order valence-corrected chi connectivity index (χ4v) is 4.76. The first-order valence-corrected chi connectivity index (χ1v) is 11.0. The Labute approximate surface area is 193 Å². The molecule has 180 valence electrons. The smallest absolute Gasteiger partial charge is 0.401 e. The van der Waals surface area contributed by atoms with Gasteiger partial charge in [-0.3, -0.25) is 9.91 Å². The number of benzene rings is 1. The molecule has 2 unspecified atom stereocenters. The molecule has 0 amide bonds. The number of hydrogen-bond acceptors (Lipinski definition) is 7. The number of anilines is 2. The number of nitrogens with zero attached hydrogens (tertiary/aromatic N) is 4. The molecule has 2 atom stereocenters. The van der Waals surface area contributed by atoms with Gasteiger partial charge in [0, 0.05) is 30.1 Å². The molecule has 3 heterocycles. The van der Waals surface area contributed by atoms with Crippen molar-refractivity contribution in [2.75, 3.05) is 37.0 Å². The topological polar surface area (TPSA) is 79.5 Å². The highest BCUT2D eigenvalue weighted by Crippen LogP contribution is 2.46. The molecular weight excluding hydrogens is 464 g/mol. The average molecular weight is 489 g/mol. The zero-order valence-corrected chi connectivity index (χ0v) is 19.1. The van der Waals surface area contributed by atoms with Gasteiger partial charge in [0.25, 0.3) is 0 Å². The predicted molar refractivity (Wildman–Crippen MR) is 117 cm³/mol. The number of likely N-dealkylation sites (tertiary alicyclic amines) is 1. The standard InChI is InChI=1S/C21H25ClF4N6O/c1-4-33-18-13(11(3)32-20-15(10(2)30-32)19(27)28-9-29-20)5-14(22)17(23)16(18)12-6-31(7-12)8-21(24,25)26/h5,9-12,30H,4,6-8H2,1-3H3,(H2,27,28,29). The van der Waals surface area contributed by atoms with E-state index in [2.05, 4.69) is 15.4 Å². The van der Waals surface area contributed by atoms with Crippen LogP contribution in [0.25, 0.3) is 0 Å². The molecule has 12 heteroatoms. The second-order valence-electron chi connectivity index (χ2n) is 8.34. The Balaban J connectivity index is 1.71. The molecule has 0 saturated carbocycles. The number of ether oxygens (including phenoxy) is 1. The maximum Gasteiger partial charge on any atom is 0.401 e. The second kappa shape index (κ2) is 8.77. The average Bonchev–Trinajstić information content (AvgIpc) is 3.05. The van der Waals surface area contributed by atoms with Crippen molar-refractivity contribution in [2.24, 2.45) is 0 Å². The van der Waals surface area contributed by atoms with Crippen LogP contribution in [0.3, 0.4) is 0 Å². The molecule has 4 rings (SSSR count). The first kappa shape index (κ1) is 23.8. The van der Waals surface area contributed by atoms with Crippen molar-refractivity contribution in [1.82, 2.24) is 20.3 Å². The van der Waals surface area contributed by atoms with Crippen molar-refractivity contribution in [2.45, 2.75) is 44.9 Å². The first-order valence-electron chi connectivity index (χ1n) is 10.6. The molecule has 0 aliphatic carbocycles. The third-order valence-corrected chi connectivity index (χ3v) is 6.29. The first-order chi connectivity index (χ1) is 15.5. The Morgan fingerprint density at radius 3 is 2.64 bits per heavy atom. The zero-order valence-electron chi connectivity index (χ0n) is 18.4. The van der Waals surface area contributed by atoms with E-state index < -0.39 is 30.5 Å². The molecule has 33 heavy (non-hydrogen) atoms. The molecule has 1 saturated heterocycles. The fourth-order valence-electron chi connectivity index (χ4n) is 4.54. The quantitative estimate of drug-likeness (QED) is 0.585. The molecular formula is C21H25ClF4N6O. The molecule has 7 nitrogen and oxygen atoms in total. The van der Waals surface area contributed by atoms with E-state index in [4.69, 9.17) is 22.1 Å². The van der Waals surface area contributed by atoms with E-state index in [0.717, 1.165) is 5.56 Å². The number of nitrogens with one attached hydrogen (secondary N) is 1. The highest BCUT2D eigenvalue weighted by Gasteiger charge is 2.41. The van der Waals surface area contributed by atoms with Crippen LogP contribution < -0.4 is 20.9 Å². The molecule has 1 aromatic carbocycles. The van der Waals surface area contributed by atoms with Crippen molar-refractivity contribution >= 4 is 23.2 Å². The number of hydrogen-bond donors (Lipinski definition) is 2. The van der Waals surface area contributed by atoms with Crippen LogP contribution in [0.5, 0.6) is 5.75 Å². The normalized spacial score (nSPS) is 20.0. The summed E-state index contributed by atoms with van der Waals surface area (Å²) >= 11 is 6.26. The summed E-state index contributed by atoms with van der Waals surface area (Å²) in [6.07, 6.45) is -2.95. The maximum absolute atomic E-state index is 15.2. The van der Waals surface area contributed by atoms with E-state index in [0.29, 0.717) is 22.9 Å². The van der Waals surface area contributed by atoms with Crippen molar-refractivity contribution in [3.63, 3.8) is 0 Å². The van der Waals surface area contributed by atoms with Gasteiger partial charge in [-0.05, 0) is 26.8 Å². The van der Waals surface area contributed by atoms with Gasteiger partial charge >= 0.3 is 6.18 Å². The zero-order chi connectivity index (χ0) is 24.1. The minimum atomic E-state index is -4.31. The van der Waals surface area contributed by atoms with Gasteiger partial charge in [0.2, 0.25) is 0 Å². The van der Waals surface area contributed by atoms with Crippen molar-refractivity contribution < 1.29 is 22.3 Å². The monoisotopic (exact) mass is 488 g/mol. The van der Waals surface area contributed by atoms with Crippen LogP contribution in [0, 0.1) is 5.82 Å². The van der Waals surface area contributed by atoms with E-state index in [1.807, 2.05) is 13.8 Å². The van der Waals surface area contributed by atoms with E-state index in [1.165, 1.54) is 17.3 Å². The number of alkyl halides is 3. The van der Waals surface area contributed by atoms with E-state index in [-0.39, 0.29) is 36.3 Å². The third kappa shape index (κ3) is 4.41. The lowest BCUT2D eigenvalue weighted by Crippen LogP contribution is -2.49. The third-order valence-electron chi connectivity index (χ3n) is 6.02. The summed E-state index contributed by atoms with van der Waals surface area (Å²) in [6.45, 7) is 4.91. The van der Waals surface area contributed by atoms with E-state index >= 15 is 4.39 Å². The SMILES string of the molecule is CCOc1c(C(C)N2NC(C)c3c(N)ncnc32)cc(Cl)c(F)c1C1CN(CC(F)(F)F)C1. The molecule has 0 bridgehead atoms. The minimum absolute atomic E-state index is 0.0657. The van der Waals surface area contributed by atoms with Gasteiger partial charge in [-0.1, -0.05) is 11.6 Å². The number of nitrogens with two attached hydrogens (primary N) is 1. The number of halogens is 5. The summed E-state index contributed by atoms with van der Waals surface area (Å²) < 4.78 is 59.2. The van der Waals surface area contributed by atoms with Crippen LogP contribution in [0.1, 0.15) is 55.5 Å². The summed E-state index contributed by atoms with van der Waals surface area (Å²) in [5.74, 6) is 0.119. The Morgan fingerprint density at radius 2 is 2.00 bits per heavy atom. The lowest BCUT2D eigenvalue weighted by Gasteiger charge is -2.41. The molecule has 2 aliphatic rings. The van der Waals surface area contributed by atoms with Gasteiger partial charge in [-0.15, -0.1) is 0 Å². The van der Waals surface area contributed by atoms with Crippen LogP contribution in [-0.4, -0.2) is 47.3 Å². The van der Waals surface area contributed by atoms with Crippen molar-refractivity contribution in [3.8, 4) is 5.75 Å². The predicted octanol–water partition coefficient (Wildman–Crippen LogP) is 4.36. The van der Waals surface area contributed by atoms with Gasteiger partial charge in [0.1, 0.15) is 23.7 Å². The molecule has 1 fully saturated rings. The molecule has 3 N–H and O–H groups in total. The van der Waals surface area contributed by atoms with E-state index in [1.54, 1.807) is 11.9 Å². The van der Waals surface area contributed by atoms with Gasteiger partial charge in [-0.25, -0.2) is 19.8 Å². The van der Waals surface area contributed by atoms with Gasteiger partial charge in [0.15, 0.2) is 5.82 Å². The summed E-state index contributed by atoms with van der Waals surface area (Å²) in [6, 6.07) is 0.932. The highest BCUT2D eigenvalue weighted by molar-refractivity contribution is 6.31. The number of aromatic nitrogens is 2. The highest BCUT2D eigenvalue weighted by atomic mass is 35.5. The van der Waals surface area contributed by atoms with Crippen LogP contribution in [-0.2, 0) is 0 Å². The van der Waals surface area contributed by atoms with Crippen LogP contribution >= 0.6 is 11.6 Å².